The maximum atomic E-state index is 14.1. The first-order valence-corrected chi connectivity index (χ1v) is 6.99. The molecule has 0 aliphatic rings. The average Bonchev–Trinajstić information content (AvgIpc) is 2.45. The van der Waals surface area contributed by atoms with Crippen molar-refractivity contribution in [2.24, 2.45) is 0 Å². The van der Waals surface area contributed by atoms with E-state index in [0.717, 1.165) is 0 Å². The highest BCUT2D eigenvalue weighted by Crippen LogP contribution is 2.21. The second-order valence-corrected chi connectivity index (χ2v) is 4.65. The molecule has 0 saturated heterocycles. The summed E-state index contributed by atoms with van der Waals surface area (Å²) in [7, 11) is 1.42. The molecule has 0 aromatic heterocycles. The Hall–Kier alpha value is -1.27. The van der Waals surface area contributed by atoms with Gasteiger partial charge in [0, 0.05) is 12.6 Å². The van der Waals surface area contributed by atoms with E-state index < -0.39 is 13.0 Å². The van der Waals surface area contributed by atoms with Crippen LogP contribution in [0.2, 0.25) is 0 Å². The van der Waals surface area contributed by atoms with Crippen molar-refractivity contribution in [3.8, 4) is 5.75 Å². The zero-order valence-corrected chi connectivity index (χ0v) is 12.4. The first-order chi connectivity index (χ1) is 10.1. The molecule has 1 atom stereocenters. The number of benzene rings is 1. The summed E-state index contributed by atoms with van der Waals surface area (Å²) in [6.07, 6.45) is -1.47. The average molecular weight is 305 g/mol. The Morgan fingerprint density at radius 3 is 2.67 bits per heavy atom. The Labute approximate surface area is 123 Å². The van der Waals surface area contributed by atoms with Crippen LogP contribution in [0.15, 0.2) is 18.2 Å². The van der Waals surface area contributed by atoms with Gasteiger partial charge in [-0.2, -0.15) is 0 Å². The molecule has 6 heteroatoms. The highest BCUT2D eigenvalue weighted by atomic mass is 19.3. The standard InChI is InChI=1S/C15H22F3NO2/c1-3-19-12(7-8-21-10-14(16)17)9-11-5-4-6-13(20-2)15(11)18/h4-6,12,14,19H,3,7-10H2,1-2H3. The van der Waals surface area contributed by atoms with Crippen molar-refractivity contribution < 1.29 is 22.6 Å². The van der Waals surface area contributed by atoms with Crippen LogP contribution in [0.3, 0.4) is 0 Å². The molecule has 21 heavy (non-hydrogen) atoms. The van der Waals surface area contributed by atoms with Crippen LogP contribution in [0.5, 0.6) is 5.75 Å². The summed E-state index contributed by atoms with van der Waals surface area (Å²) in [4.78, 5) is 0. The molecule has 120 valence electrons. The number of alkyl halides is 2. The fourth-order valence-electron chi connectivity index (χ4n) is 2.10. The summed E-state index contributed by atoms with van der Waals surface area (Å²) >= 11 is 0. The molecular formula is C15H22F3NO2. The molecule has 0 saturated carbocycles. The van der Waals surface area contributed by atoms with Gasteiger partial charge in [0.2, 0.25) is 0 Å². The van der Waals surface area contributed by atoms with Crippen molar-refractivity contribution in [2.75, 3.05) is 26.9 Å². The van der Waals surface area contributed by atoms with Crippen LogP contribution in [-0.4, -0.2) is 39.3 Å². The van der Waals surface area contributed by atoms with Crippen molar-refractivity contribution >= 4 is 0 Å². The van der Waals surface area contributed by atoms with Gasteiger partial charge >= 0.3 is 0 Å². The van der Waals surface area contributed by atoms with E-state index in [-0.39, 0.29) is 24.2 Å². The van der Waals surface area contributed by atoms with E-state index in [4.69, 9.17) is 9.47 Å². The molecule has 0 fully saturated rings. The summed E-state index contributed by atoms with van der Waals surface area (Å²) in [5, 5.41) is 3.21. The van der Waals surface area contributed by atoms with Crippen LogP contribution in [-0.2, 0) is 11.2 Å². The lowest BCUT2D eigenvalue weighted by molar-refractivity contribution is 0.0144. The topological polar surface area (TPSA) is 30.5 Å². The quantitative estimate of drug-likeness (QED) is 0.674. The third-order valence-corrected chi connectivity index (χ3v) is 3.08. The van der Waals surface area contributed by atoms with Gasteiger partial charge in [-0.3, -0.25) is 0 Å². The predicted molar refractivity (Wildman–Crippen MR) is 75.6 cm³/mol. The predicted octanol–water partition coefficient (Wildman–Crippen LogP) is 3.03. The fourth-order valence-corrected chi connectivity index (χ4v) is 2.10. The van der Waals surface area contributed by atoms with Crippen LogP contribution in [0.1, 0.15) is 18.9 Å². The highest BCUT2D eigenvalue weighted by Gasteiger charge is 2.14. The largest absolute Gasteiger partial charge is 0.494 e. The van der Waals surface area contributed by atoms with Gasteiger partial charge in [0.25, 0.3) is 6.43 Å². The van der Waals surface area contributed by atoms with Gasteiger partial charge in [0.15, 0.2) is 11.6 Å². The van der Waals surface area contributed by atoms with Crippen LogP contribution in [0.25, 0.3) is 0 Å². The van der Waals surface area contributed by atoms with Crippen molar-refractivity contribution in [1.29, 1.82) is 0 Å². The number of hydrogen-bond acceptors (Lipinski definition) is 3. The normalized spacial score (nSPS) is 12.7. The lowest BCUT2D eigenvalue weighted by Gasteiger charge is -2.19. The molecule has 0 radical (unpaired) electrons. The van der Waals surface area contributed by atoms with Crippen molar-refractivity contribution in [3.05, 3.63) is 29.6 Å². The molecule has 1 N–H and O–H groups in total. The zero-order chi connectivity index (χ0) is 15.7. The maximum Gasteiger partial charge on any atom is 0.261 e. The van der Waals surface area contributed by atoms with Crippen molar-refractivity contribution in [3.63, 3.8) is 0 Å². The maximum absolute atomic E-state index is 14.1. The van der Waals surface area contributed by atoms with Gasteiger partial charge in [-0.15, -0.1) is 0 Å². The summed E-state index contributed by atoms with van der Waals surface area (Å²) in [5.74, 6) is -0.173. The summed E-state index contributed by atoms with van der Waals surface area (Å²) in [5.41, 5.74) is 0.536. The van der Waals surface area contributed by atoms with E-state index in [2.05, 4.69) is 5.32 Å². The van der Waals surface area contributed by atoms with Gasteiger partial charge in [-0.25, -0.2) is 13.2 Å². The molecule has 1 unspecified atom stereocenters. The van der Waals surface area contributed by atoms with E-state index >= 15 is 0 Å². The molecule has 3 nitrogen and oxygen atoms in total. The number of rotatable bonds is 10. The molecule has 0 spiro atoms. The molecular weight excluding hydrogens is 283 g/mol. The minimum absolute atomic E-state index is 0.0331. The lowest BCUT2D eigenvalue weighted by atomic mass is 10.0. The van der Waals surface area contributed by atoms with Gasteiger partial charge in [0.1, 0.15) is 6.61 Å². The number of likely N-dealkylation sites (N-methyl/N-ethyl adjacent to an activating group) is 1. The van der Waals surface area contributed by atoms with Crippen LogP contribution >= 0.6 is 0 Å². The van der Waals surface area contributed by atoms with Gasteiger partial charge < -0.3 is 14.8 Å². The Morgan fingerprint density at radius 1 is 1.29 bits per heavy atom. The van der Waals surface area contributed by atoms with Crippen LogP contribution < -0.4 is 10.1 Å². The SMILES string of the molecule is CCNC(CCOCC(F)F)Cc1cccc(OC)c1F. The lowest BCUT2D eigenvalue weighted by Crippen LogP contribution is -2.32. The van der Waals surface area contributed by atoms with E-state index in [0.29, 0.717) is 24.9 Å². The second kappa shape index (κ2) is 9.63. The monoisotopic (exact) mass is 305 g/mol. The smallest absolute Gasteiger partial charge is 0.261 e. The first kappa shape index (κ1) is 17.8. The summed E-state index contributed by atoms with van der Waals surface area (Å²) in [6, 6.07) is 4.96. The van der Waals surface area contributed by atoms with E-state index in [1.165, 1.54) is 7.11 Å². The van der Waals surface area contributed by atoms with E-state index in [9.17, 15) is 13.2 Å². The summed E-state index contributed by atoms with van der Waals surface area (Å²) < 4.78 is 47.9. The van der Waals surface area contributed by atoms with E-state index in [1.807, 2.05) is 6.92 Å². The highest BCUT2D eigenvalue weighted by molar-refractivity contribution is 5.31. The minimum atomic E-state index is -2.46. The zero-order valence-electron chi connectivity index (χ0n) is 12.4. The Kier molecular flexibility index (Phi) is 8.15. The molecule has 1 aromatic carbocycles. The van der Waals surface area contributed by atoms with Gasteiger partial charge in [-0.05, 0) is 31.0 Å². The Balaban J connectivity index is 2.57. The fraction of sp³-hybridized carbons (Fsp3) is 0.600. The minimum Gasteiger partial charge on any atom is -0.494 e. The summed E-state index contributed by atoms with van der Waals surface area (Å²) in [6.45, 7) is 2.31. The van der Waals surface area contributed by atoms with Gasteiger partial charge in [-0.1, -0.05) is 19.1 Å². The Bertz CT molecular complexity index is 416. The number of halogens is 3. The van der Waals surface area contributed by atoms with Crippen LogP contribution in [0, 0.1) is 5.82 Å². The van der Waals surface area contributed by atoms with E-state index in [1.54, 1.807) is 18.2 Å². The second-order valence-electron chi connectivity index (χ2n) is 4.65. The molecule has 0 heterocycles. The Morgan fingerprint density at radius 2 is 2.05 bits per heavy atom. The third kappa shape index (κ3) is 6.35. The molecule has 1 rings (SSSR count). The molecule has 0 bridgehead atoms. The number of hydrogen-bond donors (Lipinski definition) is 1. The molecule has 0 aliphatic carbocycles. The van der Waals surface area contributed by atoms with Crippen molar-refractivity contribution in [2.45, 2.75) is 32.2 Å². The molecule has 1 aromatic rings. The third-order valence-electron chi connectivity index (χ3n) is 3.08. The van der Waals surface area contributed by atoms with Crippen molar-refractivity contribution in [1.82, 2.24) is 5.32 Å². The first-order valence-electron chi connectivity index (χ1n) is 6.99. The number of methoxy groups -OCH3 is 1. The van der Waals surface area contributed by atoms with Crippen LogP contribution in [0.4, 0.5) is 13.2 Å². The number of nitrogens with one attached hydrogen (secondary N) is 1. The molecule has 0 amide bonds. The van der Waals surface area contributed by atoms with Gasteiger partial charge in [0.05, 0.1) is 7.11 Å². The molecule has 0 aliphatic heterocycles. The number of ether oxygens (including phenoxy) is 2.